The number of benzene rings is 1. The minimum Gasteiger partial charge on any atom is -0.305 e. The van der Waals surface area contributed by atoms with Gasteiger partial charge in [0.2, 0.25) is 5.95 Å². The molecule has 0 atom stereocenters. The van der Waals surface area contributed by atoms with Crippen molar-refractivity contribution in [3.05, 3.63) is 68.4 Å². The second-order valence-electron chi connectivity index (χ2n) is 6.48. The highest BCUT2D eigenvalue weighted by atomic mass is 16.1. The summed E-state index contributed by atoms with van der Waals surface area (Å²) in [7, 11) is 0. The van der Waals surface area contributed by atoms with Gasteiger partial charge in [-0.25, -0.2) is 15.0 Å². The molecule has 1 aromatic carbocycles. The zero-order valence-electron chi connectivity index (χ0n) is 15.6. The van der Waals surface area contributed by atoms with Crippen molar-refractivity contribution in [2.75, 3.05) is 5.43 Å². The molecule has 0 saturated carbocycles. The number of nitrogens with one attached hydrogen (secondary N) is 2. The number of anilines is 1. The van der Waals surface area contributed by atoms with Crippen LogP contribution in [0.5, 0.6) is 0 Å². The third-order valence-corrected chi connectivity index (χ3v) is 4.49. The molecule has 0 aliphatic heterocycles. The number of rotatable bonds is 3. The standard InChI is InChI=1S/C20H17N7O/c1-11-8-12(2)24-20(23-11)26-22-10-15-13(3)14(9-21)18-25-16-6-4-5-7-17(16)27(18)19(15)28/h4-8,10,22H,1-3H3,(H,23,24,26). The molecule has 0 fully saturated rings. The van der Waals surface area contributed by atoms with Crippen molar-refractivity contribution in [3.63, 3.8) is 0 Å². The van der Waals surface area contributed by atoms with Crippen molar-refractivity contribution in [1.29, 1.82) is 5.26 Å². The molecule has 0 bridgehead atoms. The maximum Gasteiger partial charge on any atom is 0.265 e. The normalized spacial score (nSPS) is 11.7. The molecule has 8 nitrogen and oxygen atoms in total. The lowest BCUT2D eigenvalue weighted by molar-refractivity contribution is 0.979. The molecule has 0 aliphatic rings. The lowest BCUT2D eigenvalue weighted by atomic mass is 10.1. The lowest BCUT2D eigenvalue weighted by Crippen LogP contribution is -2.36. The summed E-state index contributed by atoms with van der Waals surface area (Å²) < 4.78 is 1.47. The van der Waals surface area contributed by atoms with E-state index in [0.717, 1.165) is 11.4 Å². The van der Waals surface area contributed by atoms with Crippen molar-refractivity contribution in [2.24, 2.45) is 0 Å². The Hall–Kier alpha value is -3.99. The fourth-order valence-corrected chi connectivity index (χ4v) is 3.24. The van der Waals surface area contributed by atoms with Crippen molar-refractivity contribution >= 4 is 28.8 Å². The summed E-state index contributed by atoms with van der Waals surface area (Å²) in [4.78, 5) is 26.1. The molecule has 3 aromatic heterocycles. The summed E-state index contributed by atoms with van der Waals surface area (Å²) in [6.45, 7) is 5.49. The Bertz CT molecular complexity index is 1360. The first-order chi connectivity index (χ1) is 13.5. The highest BCUT2D eigenvalue weighted by molar-refractivity contribution is 5.82. The number of hydrogen-bond acceptors (Lipinski definition) is 7. The van der Waals surface area contributed by atoms with Crippen molar-refractivity contribution < 1.29 is 0 Å². The molecule has 2 N–H and O–H groups in total. The van der Waals surface area contributed by atoms with E-state index in [0.29, 0.717) is 39.0 Å². The molecule has 0 unspecified atom stereocenters. The summed E-state index contributed by atoms with van der Waals surface area (Å²) in [5, 5.41) is 10.0. The third kappa shape index (κ3) is 2.79. The van der Waals surface area contributed by atoms with Crippen molar-refractivity contribution in [1.82, 2.24) is 24.8 Å². The van der Waals surface area contributed by atoms with E-state index in [-0.39, 0.29) is 5.56 Å². The number of hydrazine groups is 1. The van der Waals surface area contributed by atoms with Gasteiger partial charge in [-0.2, -0.15) is 5.26 Å². The van der Waals surface area contributed by atoms with E-state index < -0.39 is 0 Å². The van der Waals surface area contributed by atoms with Gasteiger partial charge in [0.25, 0.3) is 5.56 Å². The highest BCUT2D eigenvalue weighted by Crippen LogP contribution is 2.17. The summed E-state index contributed by atoms with van der Waals surface area (Å²) in [5.41, 5.74) is 9.78. The number of hydrogen-bond donors (Lipinski definition) is 2. The molecule has 4 rings (SSSR count). The van der Waals surface area contributed by atoms with Crippen LogP contribution in [0.1, 0.15) is 22.5 Å². The SMILES string of the molecule is Cc1cc(C)nc(NNC=c2c(C)c(C#N)c3nc4ccccc4n3c2=O)n1. The van der Waals surface area contributed by atoms with Crippen LogP contribution in [0.2, 0.25) is 0 Å². The molecule has 0 radical (unpaired) electrons. The van der Waals surface area contributed by atoms with Crippen LogP contribution in [0.15, 0.2) is 35.1 Å². The van der Waals surface area contributed by atoms with E-state index in [4.69, 9.17) is 0 Å². The number of pyridine rings is 1. The Morgan fingerprint density at radius 2 is 1.82 bits per heavy atom. The predicted octanol–water partition coefficient (Wildman–Crippen LogP) is 1.51. The fourth-order valence-electron chi connectivity index (χ4n) is 3.24. The van der Waals surface area contributed by atoms with Crippen LogP contribution in [0.25, 0.3) is 22.9 Å². The van der Waals surface area contributed by atoms with E-state index in [1.165, 1.54) is 10.6 Å². The molecule has 28 heavy (non-hydrogen) atoms. The minimum absolute atomic E-state index is 0.254. The van der Waals surface area contributed by atoms with E-state index >= 15 is 0 Å². The number of nitriles is 1. The largest absolute Gasteiger partial charge is 0.305 e. The molecule has 8 heteroatoms. The molecule has 4 aromatic rings. The Balaban J connectivity index is 1.86. The van der Waals surface area contributed by atoms with Gasteiger partial charge in [-0.15, -0.1) is 0 Å². The van der Waals surface area contributed by atoms with Gasteiger partial charge in [0.05, 0.1) is 21.8 Å². The van der Waals surface area contributed by atoms with Gasteiger partial charge in [-0.1, -0.05) is 12.1 Å². The Labute approximate surface area is 160 Å². The van der Waals surface area contributed by atoms with Crippen LogP contribution in [-0.2, 0) is 0 Å². The van der Waals surface area contributed by atoms with Crippen molar-refractivity contribution in [3.8, 4) is 6.07 Å². The van der Waals surface area contributed by atoms with Crippen LogP contribution < -0.4 is 21.6 Å². The quantitative estimate of drug-likeness (QED) is 0.526. The molecular formula is C20H17N7O. The lowest BCUT2D eigenvalue weighted by Gasteiger charge is -2.07. The second kappa shape index (κ2) is 6.63. The van der Waals surface area contributed by atoms with Gasteiger partial charge in [0.15, 0.2) is 5.65 Å². The first kappa shape index (κ1) is 17.4. The van der Waals surface area contributed by atoms with Gasteiger partial charge >= 0.3 is 0 Å². The minimum atomic E-state index is -0.254. The second-order valence-corrected chi connectivity index (χ2v) is 6.48. The van der Waals surface area contributed by atoms with Gasteiger partial charge in [-0.05, 0) is 44.5 Å². The third-order valence-electron chi connectivity index (χ3n) is 4.49. The molecule has 0 saturated heterocycles. The monoisotopic (exact) mass is 371 g/mol. The van der Waals surface area contributed by atoms with E-state index in [9.17, 15) is 10.1 Å². The van der Waals surface area contributed by atoms with Crippen LogP contribution in [-0.4, -0.2) is 19.4 Å². The maximum absolute atomic E-state index is 13.1. The van der Waals surface area contributed by atoms with Crippen molar-refractivity contribution in [2.45, 2.75) is 20.8 Å². The van der Waals surface area contributed by atoms with E-state index in [1.807, 2.05) is 44.2 Å². The van der Waals surface area contributed by atoms with Gasteiger partial charge < -0.3 is 5.43 Å². The average Bonchev–Trinajstić information content (AvgIpc) is 3.03. The van der Waals surface area contributed by atoms with Gasteiger partial charge in [0, 0.05) is 17.6 Å². The fraction of sp³-hybridized carbons (Fsp3) is 0.150. The topological polar surface area (TPSA) is 108 Å². The Morgan fingerprint density at radius 3 is 2.54 bits per heavy atom. The molecule has 0 aliphatic carbocycles. The van der Waals surface area contributed by atoms with Crippen LogP contribution in [0, 0.1) is 32.1 Å². The first-order valence-corrected chi connectivity index (χ1v) is 8.67. The maximum atomic E-state index is 13.1. The Morgan fingerprint density at radius 1 is 1.11 bits per heavy atom. The first-order valence-electron chi connectivity index (χ1n) is 8.67. The van der Waals surface area contributed by atoms with E-state index in [1.54, 1.807) is 6.92 Å². The number of fused-ring (bicyclic) bond motifs is 3. The smallest absolute Gasteiger partial charge is 0.265 e. The summed E-state index contributed by atoms with van der Waals surface area (Å²) in [5.74, 6) is 0.397. The van der Waals surface area contributed by atoms with Crippen LogP contribution in [0.3, 0.4) is 0 Å². The highest BCUT2D eigenvalue weighted by Gasteiger charge is 2.15. The van der Waals surface area contributed by atoms with Gasteiger partial charge in [-0.3, -0.25) is 14.6 Å². The number of para-hydroxylation sites is 2. The number of aryl methyl sites for hydroxylation is 2. The molecule has 0 spiro atoms. The number of imidazole rings is 1. The van der Waals surface area contributed by atoms with E-state index in [2.05, 4.69) is 31.9 Å². The summed E-state index contributed by atoms with van der Waals surface area (Å²) in [6, 6.07) is 11.4. The zero-order valence-corrected chi connectivity index (χ0v) is 15.6. The zero-order chi connectivity index (χ0) is 19.8. The van der Waals surface area contributed by atoms with Crippen LogP contribution in [0.4, 0.5) is 5.95 Å². The predicted molar refractivity (Wildman–Crippen MR) is 106 cm³/mol. The molecule has 138 valence electrons. The number of nitrogens with zero attached hydrogens (tertiary/aromatic N) is 5. The molecule has 3 heterocycles. The van der Waals surface area contributed by atoms with Gasteiger partial charge in [0.1, 0.15) is 6.07 Å². The molecule has 0 amide bonds. The van der Waals surface area contributed by atoms with Crippen LogP contribution >= 0.6 is 0 Å². The summed E-state index contributed by atoms with van der Waals surface area (Å²) >= 11 is 0. The molecular weight excluding hydrogens is 354 g/mol. The average molecular weight is 371 g/mol. The summed E-state index contributed by atoms with van der Waals surface area (Å²) in [6.07, 6.45) is 1.52. The number of aromatic nitrogens is 4. The Kier molecular flexibility index (Phi) is 4.12.